The second-order valence-electron chi connectivity index (χ2n) is 7.93. The van der Waals surface area contributed by atoms with Crippen LogP contribution in [-0.4, -0.2) is 66.4 Å². The molecular weight excluding hydrogens is 454 g/mol. The van der Waals surface area contributed by atoms with Gasteiger partial charge >= 0.3 is 5.97 Å². The predicted octanol–water partition coefficient (Wildman–Crippen LogP) is 1.12. The zero-order valence-electron chi connectivity index (χ0n) is 18.3. The first-order valence-electron chi connectivity index (χ1n) is 10.8. The number of aliphatic hydroxyl groups is 2. The largest absolute Gasteiger partial charge is 0.453 e. The molecule has 178 valence electrons. The van der Waals surface area contributed by atoms with Gasteiger partial charge in [0.25, 0.3) is 0 Å². The van der Waals surface area contributed by atoms with Crippen LogP contribution in [0.4, 0.5) is 5.82 Å². The van der Waals surface area contributed by atoms with E-state index in [0.29, 0.717) is 16.7 Å². The summed E-state index contributed by atoms with van der Waals surface area (Å²) in [6.45, 7) is -0.528. The van der Waals surface area contributed by atoms with Gasteiger partial charge in [0.15, 0.2) is 29.6 Å². The van der Waals surface area contributed by atoms with Gasteiger partial charge in [-0.1, -0.05) is 48.5 Å². The van der Waals surface area contributed by atoms with E-state index in [1.54, 1.807) is 42.5 Å². The van der Waals surface area contributed by atoms with Crippen LogP contribution in [0.25, 0.3) is 11.2 Å². The number of hydrogen-bond donors (Lipinski definition) is 3. The predicted molar refractivity (Wildman–Crippen MR) is 122 cm³/mol. The Labute approximate surface area is 198 Å². The zero-order valence-corrected chi connectivity index (χ0v) is 18.3. The van der Waals surface area contributed by atoms with Crippen molar-refractivity contribution < 1.29 is 29.3 Å². The van der Waals surface area contributed by atoms with Gasteiger partial charge in [0.05, 0.1) is 18.5 Å². The van der Waals surface area contributed by atoms with E-state index in [2.05, 4.69) is 15.0 Å². The van der Waals surface area contributed by atoms with Crippen molar-refractivity contribution in [2.24, 2.45) is 0 Å². The number of carbonyl (C=O) groups is 2. The highest BCUT2D eigenvalue weighted by molar-refractivity contribution is 6.14. The Morgan fingerprint density at radius 3 is 2.49 bits per heavy atom. The number of esters is 1. The molecule has 3 heterocycles. The van der Waals surface area contributed by atoms with Crippen molar-refractivity contribution in [1.29, 1.82) is 0 Å². The molecule has 0 spiro atoms. The SMILES string of the molecule is Nc1ncnc2c1ncn2[C@@H]1O[C@H](CO)C(OC(=O)c2ccccc2C(=O)c2ccccc2)C1O. The van der Waals surface area contributed by atoms with Crippen LogP contribution in [0, 0.1) is 0 Å². The van der Waals surface area contributed by atoms with E-state index in [-0.39, 0.29) is 22.7 Å². The summed E-state index contributed by atoms with van der Waals surface area (Å²) in [4.78, 5) is 38.3. The molecule has 35 heavy (non-hydrogen) atoms. The van der Waals surface area contributed by atoms with E-state index in [1.807, 2.05) is 0 Å². The molecule has 1 aliphatic heterocycles. The highest BCUT2D eigenvalue weighted by Gasteiger charge is 2.47. The minimum absolute atomic E-state index is 0.0299. The van der Waals surface area contributed by atoms with Gasteiger partial charge in [0.1, 0.15) is 24.1 Å². The Morgan fingerprint density at radius 2 is 1.74 bits per heavy atom. The number of imidazole rings is 1. The first-order chi connectivity index (χ1) is 17.0. The molecule has 2 unspecified atom stereocenters. The fraction of sp³-hybridized carbons (Fsp3) is 0.208. The first kappa shape index (κ1) is 22.6. The summed E-state index contributed by atoms with van der Waals surface area (Å²) in [6, 6.07) is 14.8. The lowest BCUT2D eigenvalue weighted by Crippen LogP contribution is -2.38. The van der Waals surface area contributed by atoms with Crippen molar-refractivity contribution in [1.82, 2.24) is 19.5 Å². The maximum Gasteiger partial charge on any atom is 0.339 e. The van der Waals surface area contributed by atoms with E-state index >= 15 is 0 Å². The fourth-order valence-corrected chi connectivity index (χ4v) is 4.09. The van der Waals surface area contributed by atoms with Gasteiger partial charge in [-0.05, 0) is 6.07 Å². The molecule has 2 aromatic carbocycles. The topological polar surface area (TPSA) is 163 Å². The Balaban J connectivity index is 1.42. The van der Waals surface area contributed by atoms with Crippen molar-refractivity contribution in [3.63, 3.8) is 0 Å². The number of aromatic nitrogens is 4. The third-order valence-electron chi connectivity index (χ3n) is 5.82. The van der Waals surface area contributed by atoms with Gasteiger partial charge in [-0.15, -0.1) is 0 Å². The normalized spacial score (nSPS) is 21.8. The lowest BCUT2D eigenvalue weighted by molar-refractivity contribution is -0.0529. The molecule has 0 bridgehead atoms. The van der Waals surface area contributed by atoms with Gasteiger partial charge < -0.3 is 25.4 Å². The molecule has 5 rings (SSSR count). The number of anilines is 1. The van der Waals surface area contributed by atoms with Crippen molar-refractivity contribution in [3.8, 4) is 0 Å². The Bertz CT molecular complexity index is 1390. The molecule has 2 aromatic heterocycles. The van der Waals surface area contributed by atoms with E-state index in [4.69, 9.17) is 15.2 Å². The molecule has 4 aromatic rings. The summed E-state index contributed by atoms with van der Waals surface area (Å²) in [7, 11) is 0. The second kappa shape index (κ2) is 9.22. The number of carbonyl (C=O) groups excluding carboxylic acids is 2. The quantitative estimate of drug-likeness (QED) is 0.272. The molecule has 1 aliphatic rings. The molecule has 11 heteroatoms. The number of nitrogens with two attached hydrogens (primary N) is 1. The van der Waals surface area contributed by atoms with Crippen LogP contribution in [0.3, 0.4) is 0 Å². The molecule has 1 saturated heterocycles. The van der Waals surface area contributed by atoms with Crippen LogP contribution in [0.2, 0.25) is 0 Å². The monoisotopic (exact) mass is 475 g/mol. The minimum Gasteiger partial charge on any atom is -0.453 e. The molecule has 1 fully saturated rings. The number of fused-ring (bicyclic) bond motifs is 1. The lowest BCUT2D eigenvalue weighted by Gasteiger charge is -2.20. The number of benzene rings is 2. The minimum atomic E-state index is -1.37. The van der Waals surface area contributed by atoms with E-state index in [9.17, 15) is 19.8 Å². The van der Waals surface area contributed by atoms with Crippen LogP contribution in [0.15, 0.2) is 67.3 Å². The van der Waals surface area contributed by atoms with Crippen LogP contribution in [0.1, 0.15) is 32.5 Å². The molecule has 0 amide bonds. The van der Waals surface area contributed by atoms with Gasteiger partial charge in [-0.25, -0.2) is 19.7 Å². The summed E-state index contributed by atoms with van der Waals surface area (Å²) in [5, 5.41) is 20.8. The summed E-state index contributed by atoms with van der Waals surface area (Å²) in [5.41, 5.74) is 7.05. The van der Waals surface area contributed by atoms with Gasteiger partial charge in [0, 0.05) is 11.1 Å². The molecule has 11 nitrogen and oxygen atoms in total. The number of nitrogens with zero attached hydrogens (tertiary/aromatic N) is 4. The standard InChI is InChI=1S/C24H21N5O6/c25-21-17-22(27-11-26-21)29(12-28-17)23-19(32)20(16(10-30)34-23)35-24(33)15-9-5-4-8-14(15)18(31)13-6-2-1-3-7-13/h1-9,11-12,16,19-20,23,30,32H,10H2,(H2,25,26,27)/t16-,19?,20?,23-/m1/s1. The Kier molecular flexibility index (Phi) is 5.95. The van der Waals surface area contributed by atoms with Crippen molar-refractivity contribution in [3.05, 3.63) is 83.9 Å². The van der Waals surface area contributed by atoms with Gasteiger partial charge in [-0.3, -0.25) is 9.36 Å². The molecule has 0 radical (unpaired) electrons. The van der Waals surface area contributed by atoms with E-state index < -0.39 is 37.1 Å². The molecule has 4 N–H and O–H groups in total. The van der Waals surface area contributed by atoms with Crippen molar-refractivity contribution >= 4 is 28.7 Å². The number of ether oxygens (including phenoxy) is 2. The molecular formula is C24H21N5O6. The highest BCUT2D eigenvalue weighted by atomic mass is 16.6. The Morgan fingerprint density at radius 1 is 1.03 bits per heavy atom. The average Bonchev–Trinajstić information content (AvgIpc) is 3.46. The number of ketones is 1. The van der Waals surface area contributed by atoms with E-state index in [1.165, 1.54) is 29.4 Å². The third kappa shape index (κ3) is 4.01. The van der Waals surface area contributed by atoms with Crippen LogP contribution >= 0.6 is 0 Å². The average molecular weight is 475 g/mol. The summed E-state index contributed by atoms with van der Waals surface area (Å²) in [5.74, 6) is -1.03. The van der Waals surface area contributed by atoms with Crippen molar-refractivity contribution in [2.45, 2.75) is 24.5 Å². The van der Waals surface area contributed by atoms with Gasteiger partial charge in [-0.2, -0.15) is 0 Å². The van der Waals surface area contributed by atoms with Crippen molar-refractivity contribution in [2.75, 3.05) is 12.3 Å². The summed E-state index contributed by atoms with van der Waals surface area (Å²) >= 11 is 0. The first-order valence-corrected chi connectivity index (χ1v) is 10.8. The molecule has 0 aliphatic carbocycles. The number of nitrogen functional groups attached to an aromatic ring is 1. The zero-order chi connectivity index (χ0) is 24.5. The Hall–Kier alpha value is -4.19. The summed E-state index contributed by atoms with van der Waals surface area (Å²) < 4.78 is 12.8. The highest BCUT2D eigenvalue weighted by Crippen LogP contribution is 2.34. The van der Waals surface area contributed by atoms with E-state index in [0.717, 1.165) is 0 Å². The van der Waals surface area contributed by atoms with Crippen LogP contribution in [-0.2, 0) is 9.47 Å². The van der Waals surface area contributed by atoms with Gasteiger partial charge in [0.2, 0.25) is 0 Å². The molecule has 0 saturated carbocycles. The number of hydrogen-bond acceptors (Lipinski definition) is 10. The maximum atomic E-state index is 13.1. The number of aliphatic hydroxyl groups excluding tert-OH is 2. The molecule has 4 atom stereocenters. The smallest absolute Gasteiger partial charge is 0.339 e. The lowest BCUT2D eigenvalue weighted by atomic mass is 9.98. The second-order valence-corrected chi connectivity index (χ2v) is 7.93. The summed E-state index contributed by atoms with van der Waals surface area (Å²) in [6.07, 6.45) is -2.08. The number of rotatable bonds is 6. The van der Waals surface area contributed by atoms with Crippen LogP contribution < -0.4 is 5.73 Å². The third-order valence-corrected chi connectivity index (χ3v) is 5.82. The van der Waals surface area contributed by atoms with Crippen LogP contribution in [0.5, 0.6) is 0 Å². The fourth-order valence-electron chi connectivity index (χ4n) is 4.09. The maximum absolute atomic E-state index is 13.1.